The number of nitrogens with zero attached hydrogens (tertiary/aromatic N) is 1. The zero-order chi connectivity index (χ0) is 19.5. The highest BCUT2D eigenvalue weighted by Crippen LogP contribution is 2.55. The van der Waals surface area contributed by atoms with E-state index in [2.05, 4.69) is 28.9 Å². The van der Waals surface area contributed by atoms with Crippen molar-refractivity contribution < 1.29 is 14.3 Å². The van der Waals surface area contributed by atoms with Crippen molar-refractivity contribution in [2.75, 3.05) is 26.8 Å². The Balaban J connectivity index is 1.77. The molecule has 2 unspecified atom stereocenters. The predicted octanol–water partition coefficient (Wildman–Crippen LogP) is 3.65. The number of aromatic amines is 1. The second kappa shape index (κ2) is 6.51. The lowest BCUT2D eigenvalue weighted by Crippen LogP contribution is -2.67. The van der Waals surface area contributed by atoms with E-state index in [1.807, 2.05) is 13.0 Å². The molecule has 5 atom stereocenters. The quantitative estimate of drug-likeness (QED) is 0.820. The number of nitrogens with one attached hydrogen (secondary N) is 1. The third-order valence-electron chi connectivity index (χ3n) is 7.46. The lowest BCUT2D eigenvalue weighted by Gasteiger charge is -2.57. The van der Waals surface area contributed by atoms with Crippen LogP contribution in [0, 0.1) is 11.8 Å². The van der Waals surface area contributed by atoms with E-state index in [1.54, 1.807) is 7.11 Å². The average Bonchev–Trinajstić information content (AvgIpc) is 3.05. The average molecular weight is 383 g/mol. The number of rotatable bonds is 4. The van der Waals surface area contributed by atoms with Gasteiger partial charge in [0.05, 0.1) is 13.7 Å². The molecule has 3 fully saturated rings. The number of H-pyrrole nitrogens is 1. The van der Waals surface area contributed by atoms with Crippen molar-refractivity contribution in [3.05, 3.63) is 29.5 Å². The fraction of sp³-hybridized carbons (Fsp3) is 0.609. The maximum absolute atomic E-state index is 13.6. The minimum absolute atomic E-state index is 0.0329. The monoisotopic (exact) mass is 382 g/mol. The Hall–Kier alpha value is -2.01. The summed E-state index contributed by atoms with van der Waals surface area (Å²) in [5.41, 5.74) is 2.92. The first-order valence-electron chi connectivity index (χ1n) is 10.7. The molecule has 1 N–H and O–H groups in total. The van der Waals surface area contributed by atoms with Gasteiger partial charge in [-0.3, -0.25) is 9.69 Å². The van der Waals surface area contributed by atoms with Gasteiger partial charge in [-0.15, -0.1) is 0 Å². The third-order valence-corrected chi connectivity index (χ3v) is 7.46. The fourth-order valence-corrected chi connectivity index (χ4v) is 6.50. The highest BCUT2D eigenvalue weighted by atomic mass is 16.5. The molecule has 6 rings (SSSR count). The van der Waals surface area contributed by atoms with E-state index in [4.69, 9.17) is 9.47 Å². The molecule has 150 valence electrons. The molecule has 1 aromatic carbocycles. The number of hydrogen-bond donors (Lipinski definition) is 1. The normalized spacial score (nSPS) is 33.4. The van der Waals surface area contributed by atoms with E-state index in [0.717, 1.165) is 49.3 Å². The van der Waals surface area contributed by atoms with Crippen LogP contribution in [0.4, 0.5) is 0 Å². The van der Waals surface area contributed by atoms with Crippen LogP contribution in [0.3, 0.4) is 0 Å². The zero-order valence-electron chi connectivity index (χ0n) is 17.1. The first-order valence-corrected chi connectivity index (χ1v) is 10.7. The van der Waals surface area contributed by atoms with E-state index in [0.29, 0.717) is 18.4 Å². The van der Waals surface area contributed by atoms with Crippen molar-refractivity contribution >= 4 is 16.9 Å². The standard InChI is InChI=1S/C23H30N2O3/c1-4-15-10-14-12-23(22(26)28-5-2)20-17(8-9-25(13-14)21(15)23)18-11-16(27-3)6-7-19(18)24-20/h6-7,11,14-15,21,24H,4-5,8-10,12-13H2,1-3H3/t14-,15-,21?,23+/m0/s1. The highest BCUT2D eigenvalue weighted by molar-refractivity contribution is 5.92. The van der Waals surface area contributed by atoms with Gasteiger partial charge < -0.3 is 14.5 Å². The van der Waals surface area contributed by atoms with E-state index in [-0.39, 0.29) is 12.0 Å². The van der Waals surface area contributed by atoms with Gasteiger partial charge in [0, 0.05) is 35.7 Å². The SMILES string of the molecule is CCOC(=O)[C@@]12C[C@@H]3C[C@H](CC)C1N(CCc1c2[nH]c2ccc(OC)cc12)C3. The number of piperidine rings is 2. The Labute approximate surface area is 166 Å². The number of methoxy groups -OCH3 is 1. The van der Waals surface area contributed by atoms with Crippen LogP contribution >= 0.6 is 0 Å². The molecular weight excluding hydrogens is 352 g/mol. The molecular formula is C23H30N2O3. The van der Waals surface area contributed by atoms with E-state index in [9.17, 15) is 4.79 Å². The van der Waals surface area contributed by atoms with Crippen molar-refractivity contribution in [2.45, 2.75) is 51.0 Å². The summed E-state index contributed by atoms with van der Waals surface area (Å²) in [7, 11) is 1.70. The Morgan fingerprint density at radius 2 is 2.21 bits per heavy atom. The molecule has 1 aromatic heterocycles. The van der Waals surface area contributed by atoms with Crippen LogP contribution in [0.15, 0.2) is 18.2 Å². The predicted molar refractivity (Wildman–Crippen MR) is 109 cm³/mol. The van der Waals surface area contributed by atoms with Gasteiger partial charge >= 0.3 is 5.97 Å². The summed E-state index contributed by atoms with van der Waals surface area (Å²) in [6, 6.07) is 6.42. The summed E-state index contributed by atoms with van der Waals surface area (Å²) in [6.07, 6.45) is 4.22. The molecule has 5 nitrogen and oxygen atoms in total. The van der Waals surface area contributed by atoms with Crippen LogP contribution < -0.4 is 4.74 Å². The number of hydrogen-bond acceptors (Lipinski definition) is 4. The van der Waals surface area contributed by atoms with Gasteiger partial charge in [-0.05, 0) is 61.8 Å². The molecule has 4 bridgehead atoms. The topological polar surface area (TPSA) is 54.6 Å². The van der Waals surface area contributed by atoms with Gasteiger partial charge in [0.2, 0.25) is 0 Å². The van der Waals surface area contributed by atoms with Crippen molar-refractivity contribution in [3.63, 3.8) is 0 Å². The lowest BCUT2D eigenvalue weighted by molar-refractivity contribution is -0.164. The fourth-order valence-electron chi connectivity index (χ4n) is 6.50. The largest absolute Gasteiger partial charge is 0.497 e. The highest BCUT2D eigenvalue weighted by Gasteiger charge is 2.62. The number of carbonyl (C=O) groups is 1. The molecule has 0 amide bonds. The van der Waals surface area contributed by atoms with E-state index >= 15 is 0 Å². The number of fused-ring (bicyclic) bond motifs is 4. The van der Waals surface area contributed by atoms with E-state index < -0.39 is 5.41 Å². The second-order valence-corrected chi connectivity index (χ2v) is 8.75. The van der Waals surface area contributed by atoms with Gasteiger partial charge in [0.1, 0.15) is 11.2 Å². The minimum atomic E-state index is -0.573. The molecule has 0 spiro atoms. The number of aromatic nitrogens is 1. The van der Waals surface area contributed by atoms with Crippen molar-refractivity contribution in [1.29, 1.82) is 0 Å². The molecule has 28 heavy (non-hydrogen) atoms. The van der Waals surface area contributed by atoms with Crippen LogP contribution in [-0.4, -0.2) is 48.7 Å². The minimum Gasteiger partial charge on any atom is -0.497 e. The zero-order valence-corrected chi connectivity index (χ0v) is 17.1. The first kappa shape index (κ1) is 18.0. The molecule has 1 aliphatic carbocycles. The maximum Gasteiger partial charge on any atom is 0.319 e. The van der Waals surface area contributed by atoms with Crippen LogP contribution in [-0.2, 0) is 21.4 Å². The van der Waals surface area contributed by atoms with Crippen LogP contribution in [0.2, 0.25) is 0 Å². The van der Waals surface area contributed by atoms with Gasteiger partial charge in [-0.25, -0.2) is 0 Å². The molecule has 2 saturated heterocycles. The van der Waals surface area contributed by atoms with E-state index in [1.165, 1.54) is 17.4 Å². The molecule has 4 aliphatic rings. The molecule has 0 radical (unpaired) electrons. The van der Waals surface area contributed by atoms with Gasteiger partial charge in [-0.2, -0.15) is 0 Å². The lowest BCUT2D eigenvalue weighted by atomic mass is 9.56. The van der Waals surface area contributed by atoms with Gasteiger partial charge in [0.25, 0.3) is 0 Å². The second-order valence-electron chi connectivity index (χ2n) is 8.75. The molecule has 1 saturated carbocycles. The van der Waals surface area contributed by atoms with Crippen LogP contribution in [0.1, 0.15) is 44.4 Å². The number of esters is 1. The van der Waals surface area contributed by atoms with Gasteiger partial charge in [-0.1, -0.05) is 13.3 Å². The molecule has 3 aliphatic heterocycles. The molecule has 4 heterocycles. The van der Waals surface area contributed by atoms with Gasteiger partial charge in [0.15, 0.2) is 0 Å². The third kappa shape index (κ3) is 2.32. The summed E-state index contributed by atoms with van der Waals surface area (Å²) in [4.78, 5) is 19.9. The smallest absolute Gasteiger partial charge is 0.319 e. The van der Waals surface area contributed by atoms with Crippen molar-refractivity contribution in [3.8, 4) is 5.75 Å². The van der Waals surface area contributed by atoms with Crippen LogP contribution in [0.25, 0.3) is 10.9 Å². The molecule has 5 heteroatoms. The number of benzene rings is 1. The van der Waals surface area contributed by atoms with Crippen molar-refractivity contribution in [2.24, 2.45) is 11.8 Å². The summed E-state index contributed by atoms with van der Waals surface area (Å²) >= 11 is 0. The Morgan fingerprint density at radius 3 is 2.96 bits per heavy atom. The van der Waals surface area contributed by atoms with Crippen molar-refractivity contribution in [1.82, 2.24) is 9.88 Å². The summed E-state index contributed by atoms with van der Waals surface area (Å²) in [5.74, 6) is 1.93. The number of carbonyl (C=O) groups excluding carboxylic acids is 1. The number of ether oxygens (including phenoxy) is 2. The Bertz CT molecular complexity index is 920. The van der Waals surface area contributed by atoms with Crippen LogP contribution in [0.5, 0.6) is 5.75 Å². The summed E-state index contributed by atoms with van der Waals surface area (Å²) in [5, 5.41) is 1.19. The summed E-state index contributed by atoms with van der Waals surface area (Å²) < 4.78 is 11.2. The molecule has 2 aromatic rings. The maximum atomic E-state index is 13.6. The summed E-state index contributed by atoms with van der Waals surface area (Å²) in [6.45, 7) is 6.74. The Kier molecular flexibility index (Phi) is 4.20. The first-order chi connectivity index (χ1) is 13.6. The Morgan fingerprint density at radius 1 is 1.36 bits per heavy atom.